The molecule has 0 unspecified atom stereocenters. The molecule has 0 aromatic carbocycles. The van der Waals surface area contributed by atoms with Crippen LogP contribution in [0.15, 0.2) is 29.4 Å². The summed E-state index contributed by atoms with van der Waals surface area (Å²) >= 11 is 3.44. The number of allylic oxidation sites excluding steroid dienone is 1. The van der Waals surface area contributed by atoms with E-state index < -0.39 is 0 Å². The fraction of sp³-hybridized carbons (Fsp3) is 0.364. The van der Waals surface area contributed by atoms with E-state index in [-0.39, 0.29) is 0 Å². The second-order valence-electron chi connectivity index (χ2n) is 3.03. The largest absolute Gasteiger partial charge is 0.477 e. The third-order valence-corrected chi connectivity index (χ3v) is 2.81. The Kier molecular flexibility index (Phi) is 4.66. The third kappa shape index (κ3) is 3.14. The molecular weight excluding hydrogens is 242 g/mol. The van der Waals surface area contributed by atoms with Gasteiger partial charge < -0.3 is 4.74 Å². The van der Waals surface area contributed by atoms with Gasteiger partial charge in [-0.2, -0.15) is 0 Å². The molecule has 0 aliphatic carbocycles. The lowest BCUT2D eigenvalue weighted by Crippen LogP contribution is -1.99. The summed E-state index contributed by atoms with van der Waals surface area (Å²) in [6.07, 6.45) is 5.60. The Morgan fingerprint density at radius 3 is 3.14 bits per heavy atom. The van der Waals surface area contributed by atoms with Crippen LogP contribution >= 0.6 is 15.9 Å². The minimum Gasteiger partial charge on any atom is -0.477 e. The van der Waals surface area contributed by atoms with Crippen LogP contribution in [-0.4, -0.2) is 11.6 Å². The van der Waals surface area contributed by atoms with Crippen LogP contribution in [-0.2, 0) is 0 Å². The SMILES string of the molecule is C=CCCCOc1nccc(C)c1Br. The van der Waals surface area contributed by atoms with Crippen LogP contribution in [0, 0.1) is 6.92 Å². The lowest BCUT2D eigenvalue weighted by Gasteiger charge is -2.07. The highest BCUT2D eigenvalue weighted by molar-refractivity contribution is 9.10. The highest BCUT2D eigenvalue weighted by Crippen LogP contribution is 2.25. The monoisotopic (exact) mass is 255 g/mol. The van der Waals surface area contributed by atoms with Gasteiger partial charge in [-0.25, -0.2) is 4.98 Å². The Labute approximate surface area is 93.1 Å². The van der Waals surface area contributed by atoms with Crippen LogP contribution in [0.4, 0.5) is 0 Å². The first kappa shape index (κ1) is 11.2. The van der Waals surface area contributed by atoms with Crippen molar-refractivity contribution in [2.24, 2.45) is 0 Å². The fourth-order valence-electron chi connectivity index (χ4n) is 1.01. The predicted molar refractivity (Wildman–Crippen MR) is 61.6 cm³/mol. The van der Waals surface area contributed by atoms with E-state index in [2.05, 4.69) is 27.5 Å². The quantitative estimate of drug-likeness (QED) is 0.594. The van der Waals surface area contributed by atoms with E-state index in [4.69, 9.17) is 4.74 Å². The molecule has 14 heavy (non-hydrogen) atoms. The summed E-state index contributed by atoms with van der Waals surface area (Å²) in [6, 6.07) is 1.95. The van der Waals surface area contributed by atoms with Crippen LogP contribution in [0.2, 0.25) is 0 Å². The molecule has 0 aliphatic rings. The van der Waals surface area contributed by atoms with Crippen molar-refractivity contribution in [3.63, 3.8) is 0 Å². The first-order valence-electron chi connectivity index (χ1n) is 4.60. The number of unbranched alkanes of at least 4 members (excludes halogenated alkanes) is 1. The van der Waals surface area contributed by atoms with Crippen LogP contribution in [0.3, 0.4) is 0 Å². The zero-order chi connectivity index (χ0) is 10.4. The number of halogens is 1. The van der Waals surface area contributed by atoms with Gasteiger partial charge in [-0.1, -0.05) is 6.08 Å². The fourth-order valence-corrected chi connectivity index (χ4v) is 1.36. The lowest BCUT2D eigenvalue weighted by molar-refractivity contribution is 0.298. The van der Waals surface area contributed by atoms with Crippen molar-refractivity contribution in [3.8, 4) is 5.88 Å². The zero-order valence-corrected chi connectivity index (χ0v) is 9.88. The molecule has 0 amide bonds. The van der Waals surface area contributed by atoms with E-state index >= 15 is 0 Å². The molecule has 0 spiro atoms. The van der Waals surface area contributed by atoms with Gasteiger partial charge in [-0.05, 0) is 47.3 Å². The molecule has 1 aromatic heterocycles. The van der Waals surface area contributed by atoms with Gasteiger partial charge >= 0.3 is 0 Å². The van der Waals surface area contributed by atoms with Crippen molar-refractivity contribution < 1.29 is 4.74 Å². The summed E-state index contributed by atoms with van der Waals surface area (Å²) < 4.78 is 6.46. The second kappa shape index (κ2) is 5.81. The molecule has 0 N–H and O–H groups in total. The molecule has 1 heterocycles. The van der Waals surface area contributed by atoms with Gasteiger partial charge in [0.15, 0.2) is 0 Å². The maximum Gasteiger partial charge on any atom is 0.228 e. The smallest absolute Gasteiger partial charge is 0.228 e. The van der Waals surface area contributed by atoms with E-state index in [1.165, 1.54) is 0 Å². The normalized spacial score (nSPS) is 9.86. The van der Waals surface area contributed by atoms with E-state index in [1.54, 1.807) is 6.20 Å². The van der Waals surface area contributed by atoms with Gasteiger partial charge in [0.05, 0.1) is 11.1 Å². The van der Waals surface area contributed by atoms with Gasteiger partial charge in [-0.3, -0.25) is 0 Å². The molecule has 0 atom stereocenters. The van der Waals surface area contributed by atoms with Crippen LogP contribution < -0.4 is 4.74 Å². The van der Waals surface area contributed by atoms with E-state index in [9.17, 15) is 0 Å². The van der Waals surface area contributed by atoms with Gasteiger partial charge in [0.25, 0.3) is 0 Å². The van der Waals surface area contributed by atoms with Crippen molar-refractivity contribution >= 4 is 15.9 Å². The summed E-state index contributed by atoms with van der Waals surface area (Å²) in [5, 5.41) is 0. The van der Waals surface area contributed by atoms with Crippen LogP contribution in [0.25, 0.3) is 0 Å². The van der Waals surface area contributed by atoms with E-state index in [0.29, 0.717) is 12.5 Å². The van der Waals surface area contributed by atoms with Crippen molar-refractivity contribution in [1.29, 1.82) is 0 Å². The Balaban J connectivity index is 2.50. The maximum absolute atomic E-state index is 5.51. The Morgan fingerprint density at radius 1 is 1.64 bits per heavy atom. The van der Waals surface area contributed by atoms with Gasteiger partial charge in [0.1, 0.15) is 0 Å². The second-order valence-corrected chi connectivity index (χ2v) is 3.82. The number of rotatable bonds is 5. The third-order valence-electron chi connectivity index (χ3n) is 1.84. The number of pyridine rings is 1. The molecule has 1 rings (SSSR count). The number of aromatic nitrogens is 1. The number of hydrogen-bond acceptors (Lipinski definition) is 2. The van der Waals surface area contributed by atoms with Crippen LogP contribution in [0.5, 0.6) is 5.88 Å². The summed E-state index contributed by atoms with van der Waals surface area (Å²) in [4.78, 5) is 4.14. The molecule has 0 saturated carbocycles. The maximum atomic E-state index is 5.51. The van der Waals surface area contributed by atoms with Crippen molar-refractivity contribution in [1.82, 2.24) is 4.98 Å². The molecule has 2 nitrogen and oxygen atoms in total. The lowest BCUT2D eigenvalue weighted by atomic mass is 10.3. The molecule has 0 aliphatic heterocycles. The Hall–Kier alpha value is -0.830. The summed E-state index contributed by atoms with van der Waals surface area (Å²) in [6.45, 7) is 6.35. The molecule has 0 fully saturated rings. The molecule has 76 valence electrons. The number of ether oxygens (including phenoxy) is 1. The molecular formula is C11H14BrNO. The Morgan fingerprint density at radius 2 is 2.43 bits per heavy atom. The predicted octanol–water partition coefficient (Wildman–Crippen LogP) is 3.50. The summed E-state index contributed by atoms with van der Waals surface area (Å²) in [7, 11) is 0. The zero-order valence-electron chi connectivity index (χ0n) is 8.29. The average Bonchev–Trinajstić information content (AvgIpc) is 2.19. The van der Waals surface area contributed by atoms with E-state index in [0.717, 1.165) is 22.9 Å². The summed E-state index contributed by atoms with van der Waals surface area (Å²) in [5.41, 5.74) is 1.14. The highest BCUT2D eigenvalue weighted by Gasteiger charge is 2.03. The van der Waals surface area contributed by atoms with Gasteiger partial charge in [-0.15, -0.1) is 6.58 Å². The molecule has 1 aromatic rings. The first-order chi connectivity index (χ1) is 6.75. The Bertz CT molecular complexity index is 312. The van der Waals surface area contributed by atoms with Gasteiger partial charge in [0.2, 0.25) is 5.88 Å². The average molecular weight is 256 g/mol. The highest BCUT2D eigenvalue weighted by atomic mass is 79.9. The minimum atomic E-state index is 0.675. The molecule has 3 heteroatoms. The van der Waals surface area contributed by atoms with Gasteiger partial charge in [0, 0.05) is 6.20 Å². The summed E-state index contributed by atoms with van der Waals surface area (Å²) in [5.74, 6) is 0.675. The number of aryl methyl sites for hydroxylation is 1. The van der Waals surface area contributed by atoms with Crippen molar-refractivity contribution in [2.45, 2.75) is 19.8 Å². The van der Waals surface area contributed by atoms with Crippen molar-refractivity contribution in [3.05, 3.63) is 35.0 Å². The topological polar surface area (TPSA) is 22.1 Å². The molecule has 0 bridgehead atoms. The molecule has 0 saturated heterocycles. The molecule has 0 radical (unpaired) electrons. The van der Waals surface area contributed by atoms with Crippen molar-refractivity contribution in [2.75, 3.05) is 6.61 Å². The number of nitrogens with zero attached hydrogens (tertiary/aromatic N) is 1. The minimum absolute atomic E-state index is 0.675. The number of hydrogen-bond donors (Lipinski definition) is 0. The first-order valence-corrected chi connectivity index (χ1v) is 5.40. The van der Waals surface area contributed by atoms with E-state index in [1.807, 2.05) is 19.1 Å². The van der Waals surface area contributed by atoms with Crippen LogP contribution in [0.1, 0.15) is 18.4 Å². The standard InChI is InChI=1S/C11H14BrNO/c1-3-4-5-8-14-11-10(12)9(2)6-7-13-11/h3,6-7H,1,4-5,8H2,2H3.